The number of para-hydroxylation sites is 1. The summed E-state index contributed by atoms with van der Waals surface area (Å²) in [6, 6.07) is 24.4. The molecule has 0 saturated heterocycles. The van der Waals surface area contributed by atoms with Gasteiger partial charge in [0.1, 0.15) is 22.8 Å². The van der Waals surface area contributed by atoms with Gasteiger partial charge in [-0.2, -0.15) is 0 Å². The van der Waals surface area contributed by atoms with Crippen molar-refractivity contribution in [3.63, 3.8) is 0 Å². The molecule has 2 heteroatoms. The zero-order valence-electron chi connectivity index (χ0n) is 14.0. The molecular weight excluding hydrogens is 296 g/mol. The van der Waals surface area contributed by atoms with Crippen LogP contribution in [0.3, 0.4) is 0 Å². The highest BCUT2D eigenvalue weighted by Crippen LogP contribution is 2.41. The molecule has 0 unspecified atom stereocenters. The first-order chi connectivity index (χ1) is 11.6. The molecule has 0 N–H and O–H groups in total. The van der Waals surface area contributed by atoms with Crippen LogP contribution in [0.2, 0.25) is 0 Å². The average Bonchev–Trinajstić information content (AvgIpc) is 2.90. The van der Waals surface area contributed by atoms with Gasteiger partial charge in [0.15, 0.2) is 0 Å². The SMILES string of the molecule is CC1(C)Cc2c(cccc2-c2ccc(Oc3ccccc3)cc2)O1. The molecule has 24 heavy (non-hydrogen) atoms. The Morgan fingerprint density at radius 1 is 0.792 bits per heavy atom. The quantitative estimate of drug-likeness (QED) is 0.602. The van der Waals surface area contributed by atoms with E-state index < -0.39 is 0 Å². The van der Waals surface area contributed by atoms with Gasteiger partial charge in [-0.15, -0.1) is 0 Å². The van der Waals surface area contributed by atoms with Gasteiger partial charge in [0.05, 0.1) is 0 Å². The van der Waals surface area contributed by atoms with Gasteiger partial charge in [0.2, 0.25) is 0 Å². The topological polar surface area (TPSA) is 18.5 Å². The Bertz CT molecular complexity index is 849. The highest BCUT2D eigenvalue weighted by molar-refractivity contribution is 5.71. The van der Waals surface area contributed by atoms with E-state index in [9.17, 15) is 0 Å². The highest BCUT2D eigenvalue weighted by Gasteiger charge is 2.31. The van der Waals surface area contributed by atoms with Crippen LogP contribution in [0.5, 0.6) is 17.2 Å². The normalized spacial score (nSPS) is 14.8. The highest BCUT2D eigenvalue weighted by atomic mass is 16.5. The Balaban J connectivity index is 1.62. The van der Waals surface area contributed by atoms with Crippen molar-refractivity contribution in [2.24, 2.45) is 0 Å². The van der Waals surface area contributed by atoms with Crippen LogP contribution in [0.25, 0.3) is 11.1 Å². The molecule has 1 heterocycles. The molecule has 0 fully saturated rings. The van der Waals surface area contributed by atoms with Gasteiger partial charge >= 0.3 is 0 Å². The molecule has 0 atom stereocenters. The van der Waals surface area contributed by atoms with Crippen molar-refractivity contribution in [1.82, 2.24) is 0 Å². The number of hydrogen-bond donors (Lipinski definition) is 0. The first-order valence-electron chi connectivity index (χ1n) is 8.25. The summed E-state index contributed by atoms with van der Waals surface area (Å²) in [5, 5.41) is 0. The fraction of sp³-hybridized carbons (Fsp3) is 0.182. The van der Waals surface area contributed by atoms with Gasteiger partial charge in [-0.1, -0.05) is 42.5 Å². The van der Waals surface area contributed by atoms with Crippen molar-refractivity contribution < 1.29 is 9.47 Å². The third-order valence-corrected chi connectivity index (χ3v) is 4.27. The molecule has 4 rings (SSSR count). The van der Waals surface area contributed by atoms with Crippen molar-refractivity contribution in [2.75, 3.05) is 0 Å². The minimum absolute atomic E-state index is 0.130. The summed E-state index contributed by atoms with van der Waals surface area (Å²) in [4.78, 5) is 0. The van der Waals surface area contributed by atoms with Gasteiger partial charge in [-0.05, 0) is 55.3 Å². The Labute approximate surface area is 142 Å². The minimum Gasteiger partial charge on any atom is -0.487 e. The van der Waals surface area contributed by atoms with Crippen molar-refractivity contribution in [3.8, 4) is 28.4 Å². The van der Waals surface area contributed by atoms with E-state index in [4.69, 9.17) is 9.47 Å². The van der Waals surface area contributed by atoms with Crippen LogP contribution in [0.15, 0.2) is 72.8 Å². The molecule has 2 nitrogen and oxygen atoms in total. The second-order valence-corrected chi connectivity index (χ2v) is 6.76. The maximum Gasteiger partial charge on any atom is 0.127 e. The molecule has 0 radical (unpaired) electrons. The Kier molecular flexibility index (Phi) is 3.53. The lowest BCUT2D eigenvalue weighted by Gasteiger charge is -2.16. The van der Waals surface area contributed by atoms with Crippen LogP contribution in [-0.2, 0) is 6.42 Å². The van der Waals surface area contributed by atoms with E-state index in [0.717, 1.165) is 23.7 Å². The lowest BCUT2D eigenvalue weighted by atomic mass is 9.93. The molecule has 1 aliphatic heterocycles. The summed E-state index contributed by atoms with van der Waals surface area (Å²) in [5.74, 6) is 2.69. The monoisotopic (exact) mass is 316 g/mol. The molecule has 0 amide bonds. The largest absolute Gasteiger partial charge is 0.487 e. The zero-order valence-corrected chi connectivity index (χ0v) is 14.0. The molecule has 1 aliphatic rings. The number of benzene rings is 3. The predicted octanol–water partition coefficient (Wildman–Crippen LogP) is 5.86. The smallest absolute Gasteiger partial charge is 0.127 e. The van der Waals surface area contributed by atoms with E-state index >= 15 is 0 Å². The fourth-order valence-electron chi connectivity index (χ4n) is 3.20. The third-order valence-electron chi connectivity index (χ3n) is 4.27. The summed E-state index contributed by atoms with van der Waals surface area (Å²) in [6.45, 7) is 4.27. The standard InChI is InChI=1S/C22H20O2/c1-22(2)15-20-19(9-6-10-21(20)24-22)16-11-13-18(14-12-16)23-17-7-4-3-5-8-17/h3-14H,15H2,1-2H3. The molecule has 3 aromatic carbocycles. The number of hydrogen-bond acceptors (Lipinski definition) is 2. The van der Waals surface area contributed by atoms with Crippen LogP contribution in [0.4, 0.5) is 0 Å². The summed E-state index contributed by atoms with van der Waals surface area (Å²) in [6.07, 6.45) is 0.931. The molecular formula is C22H20O2. The van der Waals surface area contributed by atoms with Crippen LogP contribution in [0.1, 0.15) is 19.4 Å². The second-order valence-electron chi connectivity index (χ2n) is 6.76. The Morgan fingerprint density at radius 2 is 1.50 bits per heavy atom. The summed E-state index contributed by atoms with van der Waals surface area (Å²) < 4.78 is 11.9. The van der Waals surface area contributed by atoms with Crippen molar-refractivity contribution in [1.29, 1.82) is 0 Å². The first kappa shape index (κ1) is 14.8. The van der Waals surface area contributed by atoms with Gasteiger partial charge in [-0.3, -0.25) is 0 Å². The fourth-order valence-corrected chi connectivity index (χ4v) is 3.20. The van der Waals surface area contributed by atoms with Gasteiger partial charge < -0.3 is 9.47 Å². The van der Waals surface area contributed by atoms with E-state index in [1.807, 2.05) is 42.5 Å². The Morgan fingerprint density at radius 3 is 2.25 bits per heavy atom. The summed E-state index contributed by atoms with van der Waals surface area (Å²) in [5.41, 5.74) is 3.59. The number of rotatable bonds is 3. The predicted molar refractivity (Wildman–Crippen MR) is 96.8 cm³/mol. The van der Waals surface area contributed by atoms with E-state index in [-0.39, 0.29) is 5.60 Å². The number of fused-ring (bicyclic) bond motifs is 1. The molecule has 0 aliphatic carbocycles. The lowest BCUT2D eigenvalue weighted by Crippen LogP contribution is -2.24. The second kappa shape index (κ2) is 5.72. The van der Waals surface area contributed by atoms with Gasteiger partial charge in [0, 0.05) is 12.0 Å². The van der Waals surface area contributed by atoms with Gasteiger partial charge in [0.25, 0.3) is 0 Å². The summed E-state index contributed by atoms with van der Waals surface area (Å²) in [7, 11) is 0. The van der Waals surface area contributed by atoms with Crippen LogP contribution in [-0.4, -0.2) is 5.60 Å². The maximum atomic E-state index is 6.03. The van der Waals surface area contributed by atoms with Crippen molar-refractivity contribution in [3.05, 3.63) is 78.4 Å². The summed E-state index contributed by atoms with van der Waals surface area (Å²) >= 11 is 0. The zero-order chi connectivity index (χ0) is 16.6. The van der Waals surface area contributed by atoms with Crippen molar-refractivity contribution >= 4 is 0 Å². The van der Waals surface area contributed by atoms with Crippen LogP contribution in [0, 0.1) is 0 Å². The molecule has 3 aromatic rings. The molecule has 0 bridgehead atoms. The lowest BCUT2D eigenvalue weighted by molar-refractivity contribution is 0.138. The van der Waals surface area contributed by atoms with E-state index in [2.05, 4.69) is 44.2 Å². The Hall–Kier alpha value is -2.74. The molecule has 0 aromatic heterocycles. The van der Waals surface area contributed by atoms with E-state index in [1.54, 1.807) is 0 Å². The van der Waals surface area contributed by atoms with Crippen LogP contribution < -0.4 is 9.47 Å². The van der Waals surface area contributed by atoms with Crippen LogP contribution >= 0.6 is 0 Å². The van der Waals surface area contributed by atoms with Crippen molar-refractivity contribution in [2.45, 2.75) is 25.9 Å². The van der Waals surface area contributed by atoms with E-state index in [0.29, 0.717) is 0 Å². The average molecular weight is 316 g/mol. The minimum atomic E-state index is -0.130. The number of ether oxygens (including phenoxy) is 2. The first-order valence-corrected chi connectivity index (χ1v) is 8.25. The molecule has 0 spiro atoms. The molecule has 120 valence electrons. The van der Waals surface area contributed by atoms with E-state index in [1.165, 1.54) is 16.7 Å². The third kappa shape index (κ3) is 2.88. The van der Waals surface area contributed by atoms with Gasteiger partial charge in [-0.25, -0.2) is 0 Å². The maximum absolute atomic E-state index is 6.03. The molecule has 0 saturated carbocycles.